The summed E-state index contributed by atoms with van der Waals surface area (Å²) in [6.45, 7) is 1.83. The van der Waals surface area contributed by atoms with Gasteiger partial charge in [-0.1, -0.05) is 29.4 Å². The second-order valence-electron chi connectivity index (χ2n) is 4.15. The van der Waals surface area contributed by atoms with Crippen molar-refractivity contribution in [2.75, 3.05) is 0 Å². The molecule has 2 aromatic rings. The molecule has 0 fully saturated rings. The quantitative estimate of drug-likeness (QED) is 0.882. The van der Waals surface area contributed by atoms with Gasteiger partial charge in [0.2, 0.25) is 0 Å². The van der Waals surface area contributed by atoms with E-state index in [4.69, 9.17) is 17.3 Å². The molecule has 0 saturated heterocycles. The van der Waals surface area contributed by atoms with Crippen molar-refractivity contribution in [1.82, 2.24) is 0 Å². The van der Waals surface area contributed by atoms with Crippen LogP contribution in [0.5, 0.6) is 0 Å². The molecule has 0 aromatic heterocycles. The third-order valence-electron chi connectivity index (χ3n) is 2.58. The summed E-state index contributed by atoms with van der Waals surface area (Å²) in [5.41, 5.74) is 6.59. The Morgan fingerprint density at radius 2 is 1.89 bits per heavy atom. The third kappa shape index (κ3) is 3.47. The van der Waals surface area contributed by atoms with E-state index in [1.165, 1.54) is 0 Å². The van der Waals surface area contributed by atoms with Crippen molar-refractivity contribution in [3.63, 3.8) is 0 Å². The maximum Gasteiger partial charge on any atom is 0.137 e. The summed E-state index contributed by atoms with van der Waals surface area (Å²) in [6.07, 6.45) is 0. The highest BCUT2D eigenvalue weighted by molar-refractivity contribution is 7.99. The Balaban J connectivity index is 2.29. The Morgan fingerprint density at radius 1 is 1.16 bits per heavy atom. The number of hydrogen-bond acceptors (Lipinski definition) is 2. The first kappa shape index (κ1) is 14.3. The first-order valence-corrected chi connectivity index (χ1v) is 6.85. The number of benzene rings is 2. The molecule has 0 aliphatic carbocycles. The summed E-state index contributed by atoms with van der Waals surface area (Å²) in [7, 11) is 0. The van der Waals surface area contributed by atoms with Crippen LogP contribution < -0.4 is 5.73 Å². The van der Waals surface area contributed by atoms with Crippen molar-refractivity contribution >= 4 is 23.4 Å². The van der Waals surface area contributed by atoms with Gasteiger partial charge in [-0.05, 0) is 42.8 Å². The minimum atomic E-state index is -0.470. The molecule has 0 amide bonds. The average molecular weight is 300 g/mol. The molecule has 0 aliphatic heterocycles. The molecule has 2 N–H and O–H groups in total. The molecule has 0 heterocycles. The number of rotatable bonds is 3. The highest BCUT2D eigenvalue weighted by Crippen LogP contribution is 2.33. The molecule has 0 spiro atoms. The molecule has 1 nitrogen and oxygen atoms in total. The molecule has 0 bridgehead atoms. The van der Waals surface area contributed by atoms with Crippen LogP contribution in [0.15, 0.2) is 46.2 Å². The van der Waals surface area contributed by atoms with Gasteiger partial charge in [0.05, 0.1) is 4.90 Å². The van der Waals surface area contributed by atoms with Gasteiger partial charge in [-0.2, -0.15) is 0 Å². The molecule has 19 heavy (non-hydrogen) atoms. The van der Waals surface area contributed by atoms with Crippen LogP contribution >= 0.6 is 23.4 Å². The Labute approximate surface area is 119 Å². The molecule has 1 atom stereocenters. The maximum absolute atomic E-state index is 13.5. The lowest BCUT2D eigenvalue weighted by Crippen LogP contribution is -2.05. The minimum absolute atomic E-state index is 0.169. The van der Waals surface area contributed by atoms with Gasteiger partial charge in [0, 0.05) is 16.0 Å². The molecular formula is C14H12ClF2NS. The van der Waals surface area contributed by atoms with Gasteiger partial charge in [0.15, 0.2) is 0 Å². The summed E-state index contributed by atoms with van der Waals surface area (Å²) in [5, 5.41) is 0.525. The fourth-order valence-electron chi connectivity index (χ4n) is 1.62. The molecule has 2 rings (SSSR count). The van der Waals surface area contributed by atoms with Crippen molar-refractivity contribution in [1.29, 1.82) is 0 Å². The lowest BCUT2D eigenvalue weighted by molar-refractivity contribution is 0.577. The van der Waals surface area contributed by atoms with E-state index in [1.54, 1.807) is 18.2 Å². The zero-order valence-electron chi connectivity index (χ0n) is 10.2. The Morgan fingerprint density at radius 3 is 2.53 bits per heavy atom. The lowest BCUT2D eigenvalue weighted by atomic mass is 10.1. The molecule has 5 heteroatoms. The molecular weight excluding hydrogens is 288 g/mol. The molecule has 0 radical (unpaired) electrons. The lowest BCUT2D eigenvalue weighted by Gasteiger charge is -2.10. The Hall–Kier alpha value is -1.10. The van der Waals surface area contributed by atoms with Gasteiger partial charge in [0.1, 0.15) is 11.6 Å². The summed E-state index contributed by atoms with van der Waals surface area (Å²) >= 11 is 7.22. The van der Waals surface area contributed by atoms with Crippen molar-refractivity contribution in [2.45, 2.75) is 22.8 Å². The Kier molecular flexibility index (Phi) is 4.45. The summed E-state index contributed by atoms with van der Waals surface area (Å²) in [6, 6.07) is 8.48. The highest BCUT2D eigenvalue weighted by atomic mass is 35.5. The third-order valence-corrected chi connectivity index (χ3v) is 3.93. The van der Waals surface area contributed by atoms with Crippen LogP contribution in [0.3, 0.4) is 0 Å². The van der Waals surface area contributed by atoms with E-state index in [0.29, 0.717) is 5.02 Å². The van der Waals surface area contributed by atoms with E-state index < -0.39 is 11.6 Å². The Bertz CT molecular complexity index is 602. The van der Waals surface area contributed by atoms with Crippen LogP contribution in [-0.4, -0.2) is 0 Å². The van der Waals surface area contributed by atoms with E-state index in [2.05, 4.69) is 0 Å². The second kappa shape index (κ2) is 5.90. The van der Waals surface area contributed by atoms with Gasteiger partial charge in [-0.25, -0.2) is 8.78 Å². The zero-order chi connectivity index (χ0) is 14.0. The first-order chi connectivity index (χ1) is 8.97. The highest BCUT2D eigenvalue weighted by Gasteiger charge is 2.09. The summed E-state index contributed by atoms with van der Waals surface area (Å²) in [4.78, 5) is 0.962. The van der Waals surface area contributed by atoms with Gasteiger partial charge in [-0.3, -0.25) is 0 Å². The van der Waals surface area contributed by atoms with Gasteiger partial charge in [-0.15, -0.1) is 0 Å². The van der Waals surface area contributed by atoms with Crippen molar-refractivity contribution in [2.24, 2.45) is 5.73 Å². The van der Waals surface area contributed by atoms with E-state index >= 15 is 0 Å². The summed E-state index contributed by atoms with van der Waals surface area (Å²) in [5.74, 6) is -0.930. The van der Waals surface area contributed by atoms with Crippen molar-refractivity contribution < 1.29 is 8.78 Å². The molecule has 100 valence electrons. The number of halogens is 3. The second-order valence-corrected chi connectivity index (χ2v) is 5.67. The van der Waals surface area contributed by atoms with E-state index in [0.717, 1.165) is 40.4 Å². The fourth-order valence-corrected chi connectivity index (χ4v) is 2.94. The van der Waals surface area contributed by atoms with Gasteiger partial charge in [0.25, 0.3) is 0 Å². The molecule has 0 aliphatic rings. The maximum atomic E-state index is 13.5. The number of nitrogens with two attached hydrogens (primary N) is 1. The minimum Gasteiger partial charge on any atom is -0.324 e. The topological polar surface area (TPSA) is 26.0 Å². The molecule has 1 unspecified atom stereocenters. The van der Waals surface area contributed by atoms with Gasteiger partial charge >= 0.3 is 0 Å². The standard InChI is InChI=1S/C14H12ClF2NS/c1-8(18)11-4-3-10(7-12(11)15)19-14-6-9(16)2-5-13(14)17/h2-8H,18H2,1H3. The number of hydrogen-bond donors (Lipinski definition) is 1. The van der Waals surface area contributed by atoms with E-state index in [9.17, 15) is 8.78 Å². The SMILES string of the molecule is CC(N)c1ccc(Sc2cc(F)ccc2F)cc1Cl. The molecule has 2 aromatic carbocycles. The summed E-state index contributed by atoms with van der Waals surface area (Å²) < 4.78 is 26.6. The fraction of sp³-hybridized carbons (Fsp3) is 0.143. The van der Waals surface area contributed by atoms with E-state index in [-0.39, 0.29) is 10.9 Å². The predicted octanol–water partition coefficient (Wildman–Crippen LogP) is 4.79. The van der Waals surface area contributed by atoms with Crippen molar-refractivity contribution in [3.8, 4) is 0 Å². The smallest absolute Gasteiger partial charge is 0.137 e. The monoisotopic (exact) mass is 299 g/mol. The zero-order valence-corrected chi connectivity index (χ0v) is 11.7. The largest absolute Gasteiger partial charge is 0.324 e. The van der Waals surface area contributed by atoms with Crippen LogP contribution in [0.1, 0.15) is 18.5 Å². The van der Waals surface area contributed by atoms with Crippen LogP contribution in [0.25, 0.3) is 0 Å². The molecule has 0 saturated carbocycles. The average Bonchev–Trinajstić information content (AvgIpc) is 2.33. The van der Waals surface area contributed by atoms with Crippen LogP contribution in [0.4, 0.5) is 8.78 Å². The normalized spacial score (nSPS) is 12.5. The van der Waals surface area contributed by atoms with Crippen LogP contribution in [0, 0.1) is 11.6 Å². The van der Waals surface area contributed by atoms with Crippen LogP contribution in [0.2, 0.25) is 5.02 Å². The van der Waals surface area contributed by atoms with Crippen molar-refractivity contribution in [3.05, 3.63) is 58.6 Å². The van der Waals surface area contributed by atoms with E-state index in [1.807, 2.05) is 6.92 Å². The predicted molar refractivity (Wildman–Crippen MR) is 74.5 cm³/mol. The first-order valence-electron chi connectivity index (χ1n) is 5.65. The van der Waals surface area contributed by atoms with Crippen LogP contribution in [-0.2, 0) is 0 Å². The van der Waals surface area contributed by atoms with Gasteiger partial charge < -0.3 is 5.73 Å².